The third-order valence-corrected chi connectivity index (χ3v) is 2.51. The van der Waals surface area contributed by atoms with E-state index in [1.165, 1.54) is 7.11 Å². The summed E-state index contributed by atoms with van der Waals surface area (Å²) in [6, 6.07) is 11.3. The number of hydrogen-bond acceptors (Lipinski definition) is 3. The minimum atomic E-state index is -0.331. The van der Waals surface area contributed by atoms with Gasteiger partial charge in [-0.2, -0.15) is 0 Å². The topological polar surface area (TPSA) is 26.3 Å². The van der Waals surface area contributed by atoms with Crippen molar-refractivity contribution in [2.45, 2.75) is 4.90 Å². The van der Waals surface area contributed by atoms with Crippen LogP contribution in [0.1, 0.15) is 10.4 Å². The monoisotopic (exact) mass is 218 g/mol. The summed E-state index contributed by atoms with van der Waals surface area (Å²) in [6.45, 7) is 0. The van der Waals surface area contributed by atoms with Crippen LogP contribution in [0.15, 0.2) is 41.3 Å². The van der Waals surface area contributed by atoms with Gasteiger partial charge in [-0.3, -0.25) is 0 Å². The lowest BCUT2D eigenvalue weighted by Gasteiger charge is -2.05. The number of esters is 1. The van der Waals surface area contributed by atoms with Crippen LogP contribution in [-0.4, -0.2) is 13.1 Å². The van der Waals surface area contributed by atoms with Crippen molar-refractivity contribution >= 4 is 29.4 Å². The van der Waals surface area contributed by atoms with Gasteiger partial charge in [0.05, 0.1) is 12.7 Å². The molecule has 0 spiro atoms. The highest BCUT2D eigenvalue weighted by molar-refractivity contribution is 7.80. The van der Waals surface area contributed by atoms with Gasteiger partial charge in [0.2, 0.25) is 0 Å². The van der Waals surface area contributed by atoms with Gasteiger partial charge in [0, 0.05) is 4.90 Å². The van der Waals surface area contributed by atoms with Crippen LogP contribution in [0, 0.1) is 0 Å². The van der Waals surface area contributed by atoms with E-state index in [2.05, 4.69) is 12.6 Å². The molecule has 0 amide bonds. The zero-order chi connectivity index (χ0) is 10.8. The molecule has 0 aliphatic heterocycles. The van der Waals surface area contributed by atoms with E-state index >= 15 is 0 Å². The lowest BCUT2D eigenvalue weighted by atomic mass is 10.0. The van der Waals surface area contributed by atoms with Gasteiger partial charge in [-0.05, 0) is 22.9 Å². The van der Waals surface area contributed by atoms with Crippen molar-refractivity contribution in [2.75, 3.05) is 7.11 Å². The molecule has 0 unspecified atom stereocenters. The van der Waals surface area contributed by atoms with E-state index in [4.69, 9.17) is 4.74 Å². The first-order valence-corrected chi connectivity index (χ1v) is 4.97. The van der Waals surface area contributed by atoms with E-state index in [-0.39, 0.29) is 5.97 Å². The lowest BCUT2D eigenvalue weighted by Crippen LogP contribution is -2.02. The Morgan fingerprint density at radius 1 is 1.27 bits per heavy atom. The average Bonchev–Trinajstić information content (AvgIpc) is 2.26. The molecule has 2 rings (SSSR count). The second kappa shape index (κ2) is 3.95. The summed E-state index contributed by atoms with van der Waals surface area (Å²) in [7, 11) is 1.38. The maximum absolute atomic E-state index is 11.5. The minimum absolute atomic E-state index is 0.331. The van der Waals surface area contributed by atoms with Crippen molar-refractivity contribution in [2.24, 2.45) is 0 Å². The number of rotatable bonds is 1. The van der Waals surface area contributed by atoms with Gasteiger partial charge in [-0.15, -0.1) is 12.6 Å². The highest BCUT2D eigenvalue weighted by Gasteiger charge is 2.10. The van der Waals surface area contributed by atoms with Crippen LogP contribution < -0.4 is 0 Å². The van der Waals surface area contributed by atoms with Gasteiger partial charge in [0.25, 0.3) is 0 Å². The zero-order valence-corrected chi connectivity index (χ0v) is 9.12. The number of carbonyl (C=O) groups is 1. The van der Waals surface area contributed by atoms with Crippen LogP contribution in [0.25, 0.3) is 10.8 Å². The number of thiol groups is 1. The fourth-order valence-corrected chi connectivity index (χ4v) is 1.84. The first-order chi connectivity index (χ1) is 7.22. The van der Waals surface area contributed by atoms with E-state index in [9.17, 15) is 4.79 Å². The number of fused-ring (bicyclic) bond motifs is 1. The van der Waals surface area contributed by atoms with Crippen LogP contribution in [0.3, 0.4) is 0 Å². The summed E-state index contributed by atoms with van der Waals surface area (Å²) in [5.41, 5.74) is 0.556. The maximum atomic E-state index is 11.5. The molecule has 0 aliphatic carbocycles. The summed E-state index contributed by atoms with van der Waals surface area (Å²) < 4.78 is 4.73. The number of benzene rings is 2. The Balaban J connectivity index is 2.76. The van der Waals surface area contributed by atoms with Gasteiger partial charge in [-0.25, -0.2) is 4.79 Å². The van der Waals surface area contributed by atoms with Crippen molar-refractivity contribution in [3.63, 3.8) is 0 Å². The van der Waals surface area contributed by atoms with Crippen LogP contribution in [0.4, 0.5) is 0 Å². The normalized spacial score (nSPS) is 10.3. The Kier molecular flexibility index (Phi) is 2.64. The quantitative estimate of drug-likeness (QED) is 0.588. The van der Waals surface area contributed by atoms with E-state index in [0.29, 0.717) is 5.56 Å². The smallest absolute Gasteiger partial charge is 0.338 e. The largest absolute Gasteiger partial charge is 0.465 e. The molecule has 76 valence electrons. The molecule has 0 aromatic heterocycles. The molecule has 15 heavy (non-hydrogen) atoms. The van der Waals surface area contributed by atoms with Crippen molar-refractivity contribution < 1.29 is 9.53 Å². The molecule has 0 aliphatic rings. The van der Waals surface area contributed by atoms with E-state index in [0.717, 1.165) is 15.7 Å². The van der Waals surface area contributed by atoms with Gasteiger partial charge >= 0.3 is 5.97 Å². The third-order valence-electron chi connectivity index (χ3n) is 2.25. The summed E-state index contributed by atoms with van der Waals surface area (Å²) in [5.74, 6) is -0.331. The summed E-state index contributed by atoms with van der Waals surface area (Å²) in [6.07, 6.45) is 0. The molecular formula is C12H10O2S. The van der Waals surface area contributed by atoms with Crippen molar-refractivity contribution in [1.29, 1.82) is 0 Å². The lowest BCUT2D eigenvalue weighted by molar-refractivity contribution is 0.0603. The van der Waals surface area contributed by atoms with Gasteiger partial charge in [-0.1, -0.05) is 24.3 Å². The van der Waals surface area contributed by atoms with Crippen LogP contribution in [-0.2, 0) is 4.74 Å². The Morgan fingerprint density at radius 2 is 2.00 bits per heavy atom. The van der Waals surface area contributed by atoms with E-state index in [1.807, 2.05) is 30.3 Å². The molecule has 3 heteroatoms. The summed E-state index contributed by atoms with van der Waals surface area (Å²) in [4.78, 5) is 12.3. The molecule has 0 fully saturated rings. The molecule has 2 aromatic rings. The Hall–Kier alpha value is -1.48. The molecule has 0 bridgehead atoms. The summed E-state index contributed by atoms with van der Waals surface area (Å²) in [5, 5.41) is 1.88. The highest BCUT2D eigenvalue weighted by Crippen LogP contribution is 2.23. The second-order valence-corrected chi connectivity index (χ2v) is 3.72. The molecule has 0 saturated heterocycles. The molecule has 2 aromatic carbocycles. The van der Waals surface area contributed by atoms with E-state index in [1.54, 1.807) is 6.07 Å². The number of ether oxygens (including phenoxy) is 1. The number of methoxy groups -OCH3 is 1. The molecular weight excluding hydrogens is 208 g/mol. The van der Waals surface area contributed by atoms with Crippen LogP contribution in [0.2, 0.25) is 0 Å². The van der Waals surface area contributed by atoms with Crippen LogP contribution in [0.5, 0.6) is 0 Å². The standard InChI is InChI=1S/C12H10O2S/c1-14-12(13)11-7-9(15)6-8-4-2-3-5-10(8)11/h2-7,15H,1H3. The molecule has 0 N–H and O–H groups in total. The molecule has 0 heterocycles. The van der Waals surface area contributed by atoms with E-state index < -0.39 is 0 Å². The maximum Gasteiger partial charge on any atom is 0.338 e. The van der Waals surface area contributed by atoms with Gasteiger partial charge < -0.3 is 4.74 Å². The minimum Gasteiger partial charge on any atom is -0.465 e. The predicted molar refractivity (Wildman–Crippen MR) is 62.5 cm³/mol. The fraction of sp³-hybridized carbons (Fsp3) is 0.0833. The van der Waals surface area contributed by atoms with Crippen molar-refractivity contribution in [1.82, 2.24) is 0 Å². The second-order valence-electron chi connectivity index (χ2n) is 3.21. The number of carbonyl (C=O) groups excluding carboxylic acids is 1. The highest BCUT2D eigenvalue weighted by atomic mass is 32.1. The average molecular weight is 218 g/mol. The Labute approximate surface area is 93.3 Å². The fourth-order valence-electron chi connectivity index (χ4n) is 1.57. The van der Waals surface area contributed by atoms with Gasteiger partial charge in [0.1, 0.15) is 0 Å². The predicted octanol–water partition coefficient (Wildman–Crippen LogP) is 2.92. The van der Waals surface area contributed by atoms with Crippen molar-refractivity contribution in [3.8, 4) is 0 Å². The molecule has 0 radical (unpaired) electrons. The number of hydrogen-bond donors (Lipinski definition) is 1. The third kappa shape index (κ3) is 1.83. The summed E-state index contributed by atoms with van der Waals surface area (Å²) >= 11 is 4.26. The Bertz CT molecular complexity index is 520. The zero-order valence-electron chi connectivity index (χ0n) is 8.23. The SMILES string of the molecule is COC(=O)c1cc(S)cc2ccccc12. The Morgan fingerprint density at radius 3 is 2.73 bits per heavy atom. The molecule has 0 saturated carbocycles. The van der Waals surface area contributed by atoms with Crippen LogP contribution >= 0.6 is 12.6 Å². The van der Waals surface area contributed by atoms with Crippen molar-refractivity contribution in [3.05, 3.63) is 42.0 Å². The molecule has 0 atom stereocenters. The first kappa shape index (κ1) is 10.1. The van der Waals surface area contributed by atoms with Gasteiger partial charge in [0.15, 0.2) is 0 Å². The first-order valence-electron chi connectivity index (χ1n) is 4.52. The molecule has 2 nitrogen and oxygen atoms in total.